The Labute approximate surface area is 303 Å². The lowest BCUT2D eigenvalue weighted by Crippen LogP contribution is -2.71. The Balaban J connectivity index is 1.06. The van der Waals surface area contributed by atoms with Gasteiger partial charge in [-0.1, -0.05) is 40.2 Å². The molecule has 15 nitrogen and oxygen atoms in total. The number of imidazole rings is 1. The van der Waals surface area contributed by atoms with Crippen LogP contribution in [-0.2, 0) is 32.3 Å². The minimum absolute atomic E-state index is 0.00641. The number of hydrogen-bond donors (Lipinski definition) is 3. The van der Waals surface area contributed by atoms with Crippen LogP contribution in [0.2, 0.25) is 4.34 Å². The van der Waals surface area contributed by atoms with Crippen LogP contribution in [0.15, 0.2) is 59.3 Å². The number of nitrogens with one attached hydrogen (secondary N) is 2. The van der Waals surface area contributed by atoms with E-state index >= 15 is 4.39 Å². The molecule has 19 heteroatoms. The maximum Gasteiger partial charge on any atom is 0.307 e. The van der Waals surface area contributed by atoms with Crippen LogP contribution in [0.5, 0.6) is 0 Å². The van der Waals surface area contributed by atoms with Crippen molar-refractivity contribution in [3.63, 3.8) is 0 Å². The second-order valence-corrected chi connectivity index (χ2v) is 14.9. The van der Waals surface area contributed by atoms with Gasteiger partial charge in [0.15, 0.2) is 17.0 Å². The van der Waals surface area contributed by atoms with Gasteiger partial charge >= 0.3 is 5.65 Å². The number of aromatic nitrogens is 4. The van der Waals surface area contributed by atoms with Crippen molar-refractivity contribution in [1.82, 2.24) is 29.3 Å². The lowest BCUT2D eigenvalue weighted by Gasteiger charge is -2.50. The Hall–Kier alpha value is -4.94. The number of nitrogen functional groups attached to an aromatic ring is 1. The predicted molar refractivity (Wildman–Crippen MR) is 185 cm³/mol. The predicted octanol–water partition coefficient (Wildman–Crippen LogP) is 1.17. The molecular formula is C32H32ClFN10O5S2. The molecule has 2 atom stereocenters. The van der Waals surface area contributed by atoms with Crippen LogP contribution >= 0.6 is 34.7 Å². The number of piperidine rings is 1. The van der Waals surface area contributed by atoms with Gasteiger partial charge in [0.1, 0.15) is 53.0 Å². The summed E-state index contributed by atoms with van der Waals surface area (Å²) in [6.07, 6.45) is 8.56. The number of halogens is 2. The lowest BCUT2D eigenvalue weighted by molar-refractivity contribution is -0.662. The molecule has 0 saturated carbocycles. The summed E-state index contributed by atoms with van der Waals surface area (Å²) in [5, 5.41) is 26.7. The van der Waals surface area contributed by atoms with Crippen molar-refractivity contribution in [3.05, 3.63) is 81.1 Å². The number of carboxylic acid groups (broad SMARTS) is 1. The summed E-state index contributed by atoms with van der Waals surface area (Å²) in [6, 6.07) is 5.68. The summed E-state index contributed by atoms with van der Waals surface area (Å²) in [7, 11) is 1.23. The van der Waals surface area contributed by atoms with Gasteiger partial charge in [-0.05, 0) is 30.9 Å². The molecule has 0 bridgehead atoms. The van der Waals surface area contributed by atoms with E-state index in [1.807, 2.05) is 20.0 Å². The van der Waals surface area contributed by atoms with Gasteiger partial charge in [0.05, 0.1) is 30.5 Å². The maximum absolute atomic E-state index is 15.3. The molecule has 4 aromatic rings. The number of thiazole rings is 1. The number of thioether (sulfide) groups is 1. The molecule has 0 aliphatic carbocycles. The first-order valence-electron chi connectivity index (χ1n) is 16.0. The molecule has 0 unspecified atom stereocenters. The zero-order chi connectivity index (χ0) is 36.0. The third kappa shape index (κ3) is 6.42. The zero-order valence-electron chi connectivity index (χ0n) is 27.2. The minimum Gasteiger partial charge on any atom is -0.543 e. The molecule has 4 N–H and O–H groups in total. The Bertz CT molecular complexity index is 2140. The summed E-state index contributed by atoms with van der Waals surface area (Å²) in [6.45, 7) is 1.97. The van der Waals surface area contributed by atoms with E-state index in [0.29, 0.717) is 22.5 Å². The quantitative estimate of drug-likeness (QED) is 0.0702. The molecule has 0 spiro atoms. The first kappa shape index (κ1) is 34.5. The first-order valence-corrected chi connectivity index (χ1v) is 18.2. The number of hydrogen-bond acceptors (Lipinski definition) is 11. The van der Waals surface area contributed by atoms with Crippen LogP contribution in [0.1, 0.15) is 36.1 Å². The van der Waals surface area contributed by atoms with E-state index < -0.39 is 35.0 Å². The Morgan fingerprint density at radius 3 is 2.73 bits per heavy atom. The molecule has 7 rings (SSSR count). The topological polar surface area (TPSA) is 190 Å². The second-order valence-electron chi connectivity index (χ2n) is 12.1. The Kier molecular flexibility index (Phi) is 9.47. The zero-order valence-corrected chi connectivity index (χ0v) is 29.6. The van der Waals surface area contributed by atoms with Crippen molar-refractivity contribution in [3.8, 4) is 0 Å². The molecule has 6 heterocycles. The van der Waals surface area contributed by atoms with Gasteiger partial charge in [-0.3, -0.25) is 19.9 Å². The van der Waals surface area contributed by atoms with Gasteiger partial charge in [-0.25, -0.2) is 18.6 Å². The molecule has 2 saturated heterocycles. The third-order valence-corrected chi connectivity index (χ3v) is 11.5. The highest BCUT2D eigenvalue weighted by atomic mass is 35.5. The number of nitrogens with two attached hydrogens (primary N) is 1. The number of fused-ring (bicyclic) bond motifs is 2. The number of carbonyl (C=O) groups is 3. The fraction of sp³-hybridized carbons (Fsp3) is 0.344. The van der Waals surface area contributed by atoms with Crippen molar-refractivity contribution in [2.75, 3.05) is 31.7 Å². The van der Waals surface area contributed by atoms with E-state index in [0.717, 1.165) is 54.2 Å². The summed E-state index contributed by atoms with van der Waals surface area (Å²) in [5.74, 6) is -2.77. The van der Waals surface area contributed by atoms with Crippen LogP contribution in [0, 0.1) is 11.2 Å². The van der Waals surface area contributed by atoms with Crippen molar-refractivity contribution in [2.24, 2.45) is 5.16 Å². The number of anilines is 1. The van der Waals surface area contributed by atoms with Crippen LogP contribution in [0.3, 0.4) is 0 Å². The molecule has 51 heavy (non-hydrogen) atoms. The van der Waals surface area contributed by atoms with Gasteiger partial charge in [0.25, 0.3) is 11.8 Å². The van der Waals surface area contributed by atoms with Crippen LogP contribution in [0.25, 0.3) is 5.65 Å². The lowest BCUT2D eigenvalue weighted by atomic mass is 10.0. The van der Waals surface area contributed by atoms with Crippen molar-refractivity contribution in [2.45, 2.75) is 43.8 Å². The van der Waals surface area contributed by atoms with Gasteiger partial charge < -0.3 is 30.7 Å². The normalized spacial score (nSPS) is 19.3. The number of β-lactam (4-membered cyclic amide) rings is 1. The molecular weight excluding hydrogens is 723 g/mol. The number of benzene rings is 1. The highest BCUT2D eigenvalue weighted by Crippen LogP contribution is 2.40. The monoisotopic (exact) mass is 754 g/mol. The number of amides is 2. The van der Waals surface area contributed by atoms with Gasteiger partial charge in [0, 0.05) is 30.0 Å². The molecule has 3 aromatic heterocycles. The Morgan fingerprint density at radius 1 is 1.25 bits per heavy atom. The fourth-order valence-corrected chi connectivity index (χ4v) is 8.82. The minimum atomic E-state index is -1.52. The highest BCUT2D eigenvalue weighted by Gasteiger charge is 2.53. The van der Waals surface area contributed by atoms with Gasteiger partial charge in [-0.15, -0.1) is 16.3 Å². The molecule has 0 radical (unpaired) electrons. The SMILES string of the molecule is CO/N=C(\C(=O)N[C@@H]1C(=O)N2C(C(=O)[O-])=C(Cn3ccc4n3cc[n+]4Cc3ccc(C(=N)N4CCCCC4)cc3F)CS[C@H]12)c1nc(N)sc1Cl. The number of carboxylic acids is 1. The summed E-state index contributed by atoms with van der Waals surface area (Å²) < 4.78 is 20.9. The first-order chi connectivity index (χ1) is 24.5. The van der Waals surface area contributed by atoms with E-state index in [-0.39, 0.29) is 45.4 Å². The average Bonchev–Trinajstić information content (AvgIpc) is 3.81. The number of nitrogens with zero attached hydrogens (tertiary/aromatic N) is 7. The van der Waals surface area contributed by atoms with Crippen molar-refractivity contribution >= 4 is 74.8 Å². The number of amidine groups is 1. The summed E-state index contributed by atoms with van der Waals surface area (Å²) in [4.78, 5) is 50.8. The second kappa shape index (κ2) is 14.0. The van der Waals surface area contributed by atoms with Gasteiger partial charge in [-0.2, -0.15) is 0 Å². The largest absolute Gasteiger partial charge is 0.543 e. The molecule has 2 fully saturated rings. The number of likely N-dealkylation sites (tertiary alicyclic amines) is 1. The van der Waals surface area contributed by atoms with Gasteiger partial charge in [0.2, 0.25) is 0 Å². The Morgan fingerprint density at radius 2 is 2.04 bits per heavy atom. The van der Waals surface area contributed by atoms with E-state index in [2.05, 4.69) is 15.5 Å². The smallest absolute Gasteiger partial charge is 0.307 e. The molecule has 266 valence electrons. The van der Waals surface area contributed by atoms with Crippen molar-refractivity contribution < 1.29 is 33.3 Å². The molecule has 3 aliphatic rings. The van der Waals surface area contributed by atoms with E-state index in [1.54, 1.807) is 35.4 Å². The summed E-state index contributed by atoms with van der Waals surface area (Å²) in [5.41, 5.74) is 7.34. The number of rotatable bonds is 10. The number of oxime groups is 1. The number of aliphatic carboxylic acids is 1. The average molecular weight is 755 g/mol. The van der Waals surface area contributed by atoms with E-state index in [4.69, 9.17) is 27.6 Å². The standard InChI is InChI=1S/C32H32ClFN10O5S2/c1-49-39-23(22-26(33)51-32(36)38-22)28(45)37-24-29(46)44-25(31(47)48)19(16-50-30(24)44)15-42-10-7-21-41(11-12-43(21)42)14-18-6-5-17(13-20(18)34)27(35)40-8-3-2-4-9-40/h5-7,10-13,24,30,35H,2-4,8-9,14-16H2,1H3,(H3-,36,37,38,45,47,48)/b35-27?,39-23-/t24-,30-/m1/s1. The molecule has 2 amide bonds. The van der Waals surface area contributed by atoms with E-state index in [9.17, 15) is 19.5 Å². The van der Waals surface area contributed by atoms with Crippen LogP contribution in [-0.4, -0.2) is 90.7 Å². The summed E-state index contributed by atoms with van der Waals surface area (Å²) >= 11 is 8.40. The fourth-order valence-electron chi connectivity index (χ4n) is 6.56. The van der Waals surface area contributed by atoms with Crippen molar-refractivity contribution in [1.29, 1.82) is 5.41 Å². The van der Waals surface area contributed by atoms with E-state index in [1.165, 1.54) is 24.9 Å². The molecule has 1 aromatic carbocycles. The van der Waals surface area contributed by atoms with Crippen LogP contribution < -0.4 is 20.7 Å². The van der Waals surface area contributed by atoms with Crippen LogP contribution in [0.4, 0.5) is 9.52 Å². The molecule has 3 aliphatic heterocycles. The number of carbonyl (C=O) groups excluding carboxylic acids is 3. The third-order valence-electron chi connectivity index (χ3n) is 9.03. The highest BCUT2D eigenvalue weighted by molar-refractivity contribution is 8.00. The maximum atomic E-state index is 15.3.